The summed E-state index contributed by atoms with van der Waals surface area (Å²) < 4.78 is 18.4. The Labute approximate surface area is 162 Å². The monoisotopic (exact) mass is 377 g/mol. The zero-order chi connectivity index (χ0) is 19.3. The Hall–Kier alpha value is -3.74. The van der Waals surface area contributed by atoms with E-state index in [2.05, 4.69) is 10.5 Å². The first-order valence-corrected chi connectivity index (χ1v) is 8.79. The molecule has 1 aromatic heterocycles. The lowest BCUT2D eigenvalue weighted by Gasteiger charge is -2.20. The maximum absolute atomic E-state index is 12.6. The van der Waals surface area contributed by atoms with E-state index in [1.165, 1.54) is 6.21 Å². The van der Waals surface area contributed by atoms with E-state index in [0.29, 0.717) is 36.0 Å². The normalized spacial score (nSPS) is 12.8. The number of nitrogens with one attached hydrogen (secondary N) is 1. The highest BCUT2D eigenvalue weighted by Crippen LogP contribution is 2.39. The predicted molar refractivity (Wildman–Crippen MR) is 105 cm³/mol. The summed E-state index contributed by atoms with van der Waals surface area (Å²) in [6.07, 6.45) is 5.31. The number of hydrogen-bond acceptors (Lipinski definition) is 5. The van der Waals surface area contributed by atoms with Crippen molar-refractivity contribution < 1.29 is 19.0 Å². The Kier molecular flexibility index (Phi) is 4.97. The van der Waals surface area contributed by atoms with Crippen LogP contribution in [0.4, 0.5) is 0 Å². The van der Waals surface area contributed by atoms with Gasteiger partial charge in [-0.05, 0) is 36.4 Å². The number of hydrogen-bond donors (Lipinski definition) is 1. The Morgan fingerprint density at radius 1 is 1.14 bits per heavy atom. The van der Waals surface area contributed by atoms with Crippen molar-refractivity contribution in [2.24, 2.45) is 5.10 Å². The maximum Gasteiger partial charge on any atom is 0.273 e. The number of benzene rings is 2. The van der Waals surface area contributed by atoms with Crippen molar-refractivity contribution in [2.75, 3.05) is 20.3 Å². The zero-order valence-electron chi connectivity index (χ0n) is 15.3. The van der Waals surface area contributed by atoms with Gasteiger partial charge >= 0.3 is 0 Å². The molecule has 0 fully saturated rings. The van der Waals surface area contributed by atoms with Crippen molar-refractivity contribution in [3.8, 4) is 22.9 Å². The molecule has 3 aromatic rings. The molecular formula is C21H19N3O4. The summed E-state index contributed by atoms with van der Waals surface area (Å²) in [4.78, 5) is 12.6. The number of methoxy groups -OCH3 is 1. The number of carbonyl (C=O) groups is 1. The van der Waals surface area contributed by atoms with E-state index in [1.807, 2.05) is 47.3 Å². The highest BCUT2D eigenvalue weighted by Gasteiger charge is 2.18. The lowest BCUT2D eigenvalue weighted by molar-refractivity contribution is 0.0955. The number of ether oxygens (including phenoxy) is 3. The van der Waals surface area contributed by atoms with Gasteiger partial charge in [-0.2, -0.15) is 5.10 Å². The number of carbonyl (C=O) groups excluding carboxylic acids is 1. The molecule has 0 spiro atoms. The number of hydrazone groups is 1. The number of rotatable bonds is 5. The van der Waals surface area contributed by atoms with E-state index < -0.39 is 0 Å². The van der Waals surface area contributed by atoms with Crippen LogP contribution in [-0.2, 0) is 0 Å². The fraction of sp³-hybridized carbons (Fsp3) is 0.143. The number of nitrogens with zero attached hydrogens (tertiary/aromatic N) is 2. The molecule has 1 aliphatic heterocycles. The van der Waals surface area contributed by atoms with E-state index in [9.17, 15) is 4.79 Å². The number of para-hydroxylation sites is 1. The van der Waals surface area contributed by atoms with Gasteiger partial charge in [0.05, 0.1) is 24.6 Å². The molecule has 28 heavy (non-hydrogen) atoms. The van der Waals surface area contributed by atoms with Crippen LogP contribution in [0, 0.1) is 0 Å². The molecule has 142 valence electrons. The van der Waals surface area contributed by atoms with Gasteiger partial charge in [0.25, 0.3) is 5.91 Å². The minimum absolute atomic E-state index is 0.301. The molecule has 7 nitrogen and oxygen atoms in total. The summed E-state index contributed by atoms with van der Waals surface area (Å²) in [6, 6.07) is 14.7. The third-order valence-electron chi connectivity index (χ3n) is 4.26. The van der Waals surface area contributed by atoms with E-state index >= 15 is 0 Å². The number of amides is 1. The van der Waals surface area contributed by atoms with Gasteiger partial charge in [0.1, 0.15) is 13.2 Å². The molecule has 1 aliphatic rings. The molecule has 2 heterocycles. The minimum atomic E-state index is -0.301. The first-order chi connectivity index (χ1) is 13.8. The van der Waals surface area contributed by atoms with Gasteiger partial charge in [-0.3, -0.25) is 4.79 Å². The van der Waals surface area contributed by atoms with Crippen molar-refractivity contribution in [3.63, 3.8) is 0 Å². The fourth-order valence-electron chi connectivity index (χ4n) is 2.98. The van der Waals surface area contributed by atoms with Crippen LogP contribution < -0.4 is 19.6 Å². The average Bonchev–Trinajstić information content (AvgIpc) is 3.28. The van der Waals surface area contributed by atoms with Gasteiger partial charge in [-0.25, -0.2) is 5.43 Å². The van der Waals surface area contributed by atoms with Gasteiger partial charge in [0.15, 0.2) is 11.5 Å². The zero-order valence-corrected chi connectivity index (χ0v) is 15.3. The Balaban J connectivity index is 1.53. The van der Waals surface area contributed by atoms with Gasteiger partial charge in [-0.15, -0.1) is 0 Å². The third kappa shape index (κ3) is 3.55. The largest absolute Gasteiger partial charge is 0.493 e. The smallest absolute Gasteiger partial charge is 0.273 e. The van der Waals surface area contributed by atoms with Crippen LogP contribution in [0.3, 0.4) is 0 Å². The Morgan fingerprint density at radius 3 is 2.75 bits per heavy atom. The summed E-state index contributed by atoms with van der Waals surface area (Å²) >= 11 is 0. The molecule has 0 unspecified atom stereocenters. The maximum atomic E-state index is 12.6. The Morgan fingerprint density at radius 2 is 1.93 bits per heavy atom. The fourth-order valence-corrected chi connectivity index (χ4v) is 2.98. The van der Waals surface area contributed by atoms with Crippen LogP contribution in [0.25, 0.3) is 5.69 Å². The van der Waals surface area contributed by atoms with Crippen LogP contribution >= 0.6 is 0 Å². The average molecular weight is 377 g/mol. The van der Waals surface area contributed by atoms with Gasteiger partial charge in [0.2, 0.25) is 5.75 Å². The highest BCUT2D eigenvalue weighted by atomic mass is 16.6. The molecular weight excluding hydrogens is 358 g/mol. The predicted octanol–water partition coefficient (Wildman–Crippen LogP) is 3.02. The topological polar surface area (TPSA) is 74.1 Å². The van der Waals surface area contributed by atoms with Crippen LogP contribution in [0.15, 0.2) is 66.0 Å². The second kappa shape index (κ2) is 7.87. The molecule has 0 bridgehead atoms. The van der Waals surface area contributed by atoms with Gasteiger partial charge in [-0.1, -0.05) is 12.1 Å². The van der Waals surface area contributed by atoms with Crippen LogP contribution in [0.5, 0.6) is 17.2 Å². The number of fused-ring (bicyclic) bond motifs is 1. The molecule has 1 amide bonds. The van der Waals surface area contributed by atoms with E-state index in [0.717, 1.165) is 11.3 Å². The highest BCUT2D eigenvalue weighted by molar-refractivity contribution is 5.98. The third-order valence-corrected chi connectivity index (χ3v) is 4.26. The second-order valence-electron chi connectivity index (χ2n) is 6.05. The Bertz CT molecular complexity index is 995. The standard InChI is InChI=1S/C21H19N3O4/c1-26-18-12-15(13-19-20(18)28-11-10-27-19)14-22-23-21(25)16-6-2-3-7-17(16)24-8-4-5-9-24/h2-9,12-14H,10-11H2,1H3,(H,23,25)/b22-14-. The van der Waals surface area contributed by atoms with Crippen LogP contribution in [-0.4, -0.2) is 37.0 Å². The lowest BCUT2D eigenvalue weighted by atomic mass is 10.1. The molecule has 7 heteroatoms. The molecule has 0 saturated carbocycles. The first-order valence-electron chi connectivity index (χ1n) is 8.79. The van der Waals surface area contributed by atoms with E-state index in [4.69, 9.17) is 14.2 Å². The SMILES string of the molecule is COc1cc(/C=N\NC(=O)c2ccccc2-n2cccc2)cc2c1OCCO2. The second-order valence-corrected chi connectivity index (χ2v) is 6.05. The molecule has 0 radical (unpaired) electrons. The van der Waals surface area contributed by atoms with E-state index in [1.54, 1.807) is 25.3 Å². The number of aromatic nitrogens is 1. The van der Waals surface area contributed by atoms with Crippen LogP contribution in [0.1, 0.15) is 15.9 Å². The molecule has 1 N–H and O–H groups in total. The van der Waals surface area contributed by atoms with Crippen molar-refractivity contribution in [1.29, 1.82) is 0 Å². The summed E-state index contributed by atoms with van der Waals surface area (Å²) in [5.41, 5.74) is 4.60. The minimum Gasteiger partial charge on any atom is -0.493 e. The van der Waals surface area contributed by atoms with Gasteiger partial charge in [0, 0.05) is 18.0 Å². The summed E-state index contributed by atoms with van der Waals surface area (Å²) in [5.74, 6) is 1.43. The van der Waals surface area contributed by atoms with Crippen molar-refractivity contribution in [3.05, 3.63) is 72.1 Å². The van der Waals surface area contributed by atoms with E-state index in [-0.39, 0.29) is 5.91 Å². The lowest BCUT2D eigenvalue weighted by Crippen LogP contribution is -2.19. The molecule has 2 aromatic carbocycles. The van der Waals surface area contributed by atoms with Crippen molar-refractivity contribution in [1.82, 2.24) is 9.99 Å². The first kappa shape index (κ1) is 17.7. The van der Waals surface area contributed by atoms with Crippen LogP contribution in [0.2, 0.25) is 0 Å². The van der Waals surface area contributed by atoms with Crippen molar-refractivity contribution in [2.45, 2.75) is 0 Å². The molecule has 0 aliphatic carbocycles. The molecule has 4 rings (SSSR count). The van der Waals surface area contributed by atoms with Crippen molar-refractivity contribution >= 4 is 12.1 Å². The molecule has 0 saturated heterocycles. The van der Waals surface area contributed by atoms with Gasteiger partial charge < -0.3 is 18.8 Å². The summed E-state index contributed by atoms with van der Waals surface area (Å²) in [7, 11) is 1.56. The summed E-state index contributed by atoms with van der Waals surface area (Å²) in [6.45, 7) is 0.956. The quantitative estimate of drug-likeness (QED) is 0.548. The molecule has 0 atom stereocenters. The summed E-state index contributed by atoms with van der Waals surface area (Å²) in [5, 5.41) is 4.08.